The lowest BCUT2D eigenvalue weighted by molar-refractivity contribution is -0.132. The zero-order chi connectivity index (χ0) is 23.1. The van der Waals surface area contributed by atoms with Crippen LogP contribution in [0.3, 0.4) is 0 Å². The van der Waals surface area contributed by atoms with Crippen LogP contribution in [0.2, 0.25) is 0 Å². The van der Waals surface area contributed by atoms with Gasteiger partial charge < -0.3 is 9.67 Å². The molecule has 1 atom stereocenters. The van der Waals surface area contributed by atoms with Crippen molar-refractivity contribution < 1.29 is 14.7 Å². The Balaban J connectivity index is 1.78. The highest BCUT2D eigenvalue weighted by Gasteiger charge is 2.47. The number of carbonyl (C=O) groups is 2. The molecule has 1 aliphatic heterocycles. The third kappa shape index (κ3) is 3.33. The normalized spacial score (nSPS) is 17.8. The fraction of sp³-hybridized carbons (Fsp3) is 0.143. The van der Waals surface area contributed by atoms with Crippen LogP contribution in [0.4, 0.5) is 5.69 Å². The van der Waals surface area contributed by atoms with Crippen LogP contribution in [0.1, 0.15) is 29.7 Å². The number of para-hydroxylation sites is 1. The fourth-order valence-corrected chi connectivity index (χ4v) is 4.63. The molecule has 0 saturated carbocycles. The van der Waals surface area contributed by atoms with Crippen LogP contribution in [0.15, 0.2) is 90.6 Å². The highest BCUT2D eigenvalue weighted by Crippen LogP contribution is 2.44. The number of Topliss-reactive ketones (excluding diaryl/α,β-unsaturated/α-hetero) is 1. The minimum atomic E-state index is -0.746. The van der Waals surface area contributed by atoms with Crippen LogP contribution >= 0.6 is 0 Å². The number of rotatable bonds is 4. The summed E-state index contributed by atoms with van der Waals surface area (Å²) < 4.78 is 1.98. The van der Waals surface area contributed by atoms with Crippen LogP contribution < -0.4 is 4.90 Å². The third-order valence-corrected chi connectivity index (χ3v) is 6.34. The lowest BCUT2D eigenvalue weighted by Gasteiger charge is -2.25. The number of ketones is 1. The van der Waals surface area contributed by atoms with E-state index in [2.05, 4.69) is 6.92 Å². The van der Waals surface area contributed by atoms with Crippen LogP contribution in [-0.4, -0.2) is 21.4 Å². The lowest BCUT2D eigenvalue weighted by Crippen LogP contribution is -2.29. The molecule has 1 N–H and O–H groups in total. The number of benzene rings is 3. The highest BCUT2D eigenvalue weighted by molar-refractivity contribution is 6.51. The van der Waals surface area contributed by atoms with Gasteiger partial charge in [0.1, 0.15) is 5.76 Å². The zero-order valence-electron chi connectivity index (χ0n) is 18.5. The molecule has 1 saturated heterocycles. The predicted molar refractivity (Wildman–Crippen MR) is 130 cm³/mol. The summed E-state index contributed by atoms with van der Waals surface area (Å²) in [6.07, 6.45) is 2.81. The topological polar surface area (TPSA) is 62.5 Å². The van der Waals surface area contributed by atoms with Crippen LogP contribution in [0.5, 0.6) is 0 Å². The molecule has 0 aliphatic carbocycles. The molecule has 0 radical (unpaired) electrons. The molecule has 5 rings (SSSR count). The molecule has 5 heteroatoms. The third-order valence-electron chi connectivity index (χ3n) is 6.34. The number of aliphatic hydroxyl groups is 1. The second kappa shape index (κ2) is 8.10. The second-order valence-corrected chi connectivity index (χ2v) is 8.27. The van der Waals surface area contributed by atoms with Gasteiger partial charge in [-0.05, 0) is 30.2 Å². The first-order valence-corrected chi connectivity index (χ1v) is 11.0. The average molecular weight is 437 g/mol. The number of aryl methyl sites for hydroxylation is 2. The first-order valence-electron chi connectivity index (χ1n) is 11.0. The Morgan fingerprint density at radius 1 is 0.909 bits per heavy atom. The van der Waals surface area contributed by atoms with Crippen molar-refractivity contribution in [2.75, 3.05) is 4.90 Å². The van der Waals surface area contributed by atoms with Gasteiger partial charge in [0.25, 0.3) is 11.7 Å². The van der Waals surface area contributed by atoms with Crippen molar-refractivity contribution in [1.29, 1.82) is 0 Å². The monoisotopic (exact) mass is 436 g/mol. The first kappa shape index (κ1) is 20.8. The zero-order valence-corrected chi connectivity index (χ0v) is 18.5. The Morgan fingerprint density at radius 2 is 1.58 bits per heavy atom. The van der Waals surface area contributed by atoms with Crippen molar-refractivity contribution in [2.24, 2.45) is 7.05 Å². The molecule has 164 valence electrons. The maximum Gasteiger partial charge on any atom is 0.300 e. The molecular weight excluding hydrogens is 412 g/mol. The lowest BCUT2D eigenvalue weighted by atomic mass is 9.94. The van der Waals surface area contributed by atoms with E-state index in [0.717, 1.165) is 28.5 Å². The van der Waals surface area contributed by atoms with E-state index in [9.17, 15) is 14.7 Å². The second-order valence-electron chi connectivity index (χ2n) is 8.27. The van der Waals surface area contributed by atoms with Crippen molar-refractivity contribution >= 4 is 34.0 Å². The van der Waals surface area contributed by atoms with E-state index < -0.39 is 17.7 Å². The molecule has 1 aliphatic rings. The molecule has 1 unspecified atom stereocenters. The molecule has 3 aromatic carbocycles. The summed E-state index contributed by atoms with van der Waals surface area (Å²) in [5, 5.41) is 12.2. The number of aliphatic hydroxyl groups excluding tert-OH is 1. The van der Waals surface area contributed by atoms with Crippen LogP contribution in [0.25, 0.3) is 16.7 Å². The van der Waals surface area contributed by atoms with E-state index in [1.165, 1.54) is 4.90 Å². The van der Waals surface area contributed by atoms with Gasteiger partial charge in [-0.25, -0.2) is 0 Å². The smallest absolute Gasteiger partial charge is 0.300 e. The molecule has 4 aromatic rings. The largest absolute Gasteiger partial charge is 0.507 e. The summed E-state index contributed by atoms with van der Waals surface area (Å²) in [7, 11) is 1.94. The minimum absolute atomic E-state index is 0.0992. The highest BCUT2D eigenvalue weighted by atomic mass is 16.3. The molecule has 1 fully saturated rings. The predicted octanol–water partition coefficient (Wildman–Crippen LogP) is 5.37. The van der Waals surface area contributed by atoms with Crippen molar-refractivity contribution in [3.8, 4) is 0 Å². The van der Waals surface area contributed by atoms with Gasteiger partial charge >= 0.3 is 0 Å². The Bertz CT molecular complexity index is 1400. The maximum atomic E-state index is 13.4. The summed E-state index contributed by atoms with van der Waals surface area (Å²) in [6.45, 7) is 2.07. The summed E-state index contributed by atoms with van der Waals surface area (Å²) in [6, 6.07) is 23.7. The van der Waals surface area contributed by atoms with Crippen LogP contribution in [0, 0.1) is 0 Å². The Morgan fingerprint density at radius 3 is 2.27 bits per heavy atom. The Kier molecular flexibility index (Phi) is 5.09. The standard InChI is InChI=1S/C28H24N2O3/c1-3-18-13-15-20(16-14-18)30-25(22-17-29(2)23-12-8-7-11-21(22)23)24(27(32)28(30)33)26(31)19-9-5-4-6-10-19/h4-17,25,31H,3H2,1-2H3/b26-24+. The Hall–Kier alpha value is -4.12. The number of hydrogen-bond donors (Lipinski definition) is 1. The van der Waals surface area contributed by atoms with Gasteiger partial charge in [-0.2, -0.15) is 0 Å². The van der Waals surface area contributed by atoms with Gasteiger partial charge in [0.15, 0.2) is 0 Å². The van der Waals surface area contributed by atoms with Gasteiger partial charge in [0, 0.05) is 41.0 Å². The number of aromatic nitrogens is 1. The van der Waals surface area contributed by atoms with E-state index in [0.29, 0.717) is 11.3 Å². The van der Waals surface area contributed by atoms with Crippen molar-refractivity contribution in [3.05, 3.63) is 107 Å². The van der Waals surface area contributed by atoms with E-state index in [1.807, 2.05) is 72.4 Å². The number of amides is 1. The molecule has 2 heterocycles. The molecule has 0 spiro atoms. The molecule has 0 bridgehead atoms. The van der Waals surface area contributed by atoms with Gasteiger partial charge in [-0.15, -0.1) is 0 Å². The van der Waals surface area contributed by atoms with E-state index in [-0.39, 0.29) is 11.3 Å². The number of hydrogen-bond acceptors (Lipinski definition) is 3. The van der Waals surface area contributed by atoms with E-state index in [4.69, 9.17) is 0 Å². The van der Waals surface area contributed by atoms with E-state index >= 15 is 0 Å². The number of anilines is 1. The van der Waals surface area contributed by atoms with Crippen LogP contribution in [-0.2, 0) is 23.1 Å². The summed E-state index contributed by atoms with van der Waals surface area (Å²) in [4.78, 5) is 28.2. The van der Waals surface area contributed by atoms with E-state index in [1.54, 1.807) is 24.3 Å². The number of carbonyl (C=O) groups excluding carboxylic acids is 2. The fourth-order valence-electron chi connectivity index (χ4n) is 4.63. The van der Waals surface area contributed by atoms with Crippen molar-refractivity contribution in [3.63, 3.8) is 0 Å². The molecule has 1 aromatic heterocycles. The van der Waals surface area contributed by atoms with Gasteiger partial charge in [0.2, 0.25) is 0 Å². The molecular formula is C28H24N2O3. The first-order chi connectivity index (χ1) is 16.0. The van der Waals surface area contributed by atoms with Gasteiger partial charge in [-0.1, -0.05) is 67.6 Å². The summed E-state index contributed by atoms with van der Waals surface area (Å²) in [5.74, 6) is -1.50. The maximum absolute atomic E-state index is 13.4. The molecule has 1 amide bonds. The molecule has 5 nitrogen and oxygen atoms in total. The quantitative estimate of drug-likeness (QED) is 0.266. The number of fused-ring (bicyclic) bond motifs is 1. The average Bonchev–Trinajstić information content (AvgIpc) is 3.33. The van der Waals surface area contributed by atoms with Gasteiger partial charge in [0.05, 0.1) is 11.6 Å². The summed E-state index contributed by atoms with van der Waals surface area (Å²) in [5.41, 5.74) is 4.15. The Labute approximate surface area is 192 Å². The van der Waals surface area contributed by atoms with Crippen molar-refractivity contribution in [1.82, 2.24) is 4.57 Å². The SMILES string of the molecule is CCc1ccc(N2C(=O)C(=O)/C(=C(/O)c3ccccc3)C2c2cn(C)c3ccccc23)cc1. The number of nitrogens with zero attached hydrogens (tertiary/aromatic N) is 2. The molecule has 33 heavy (non-hydrogen) atoms. The minimum Gasteiger partial charge on any atom is -0.507 e. The van der Waals surface area contributed by atoms with Gasteiger partial charge in [-0.3, -0.25) is 14.5 Å². The van der Waals surface area contributed by atoms with Crippen molar-refractivity contribution in [2.45, 2.75) is 19.4 Å². The summed E-state index contributed by atoms with van der Waals surface area (Å²) >= 11 is 0.